The summed E-state index contributed by atoms with van der Waals surface area (Å²) in [5.74, 6) is -0.255. The Labute approximate surface area is 117 Å². The van der Waals surface area contributed by atoms with Gasteiger partial charge in [0.1, 0.15) is 4.83 Å². The molecule has 1 aromatic rings. The van der Waals surface area contributed by atoms with Gasteiger partial charge >= 0.3 is 5.97 Å². The van der Waals surface area contributed by atoms with Crippen LogP contribution in [0.4, 0.5) is 0 Å². The van der Waals surface area contributed by atoms with E-state index in [9.17, 15) is 4.79 Å². The number of rotatable bonds is 4. The molecule has 1 unspecified atom stereocenters. The number of carbonyl (C=O) groups excluding carboxylic acids is 1. The van der Waals surface area contributed by atoms with E-state index in [4.69, 9.17) is 16.3 Å². The van der Waals surface area contributed by atoms with Gasteiger partial charge in [-0.1, -0.05) is 43.5 Å². The Bertz CT molecular complexity index is 382. The maximum Gasteiger partial charge on any atom is 0.320 e. The smallest absolute Gasteiger partial charge is 0.320 e. The van der Waals surface area contributed by atoms with Crippen LogP contribution in [0.15, 0.2) is 22.7 Å². The summed E-state index contributed by atoms with van der Waals surface area (Å²) in [6, 6.07) is 5.49. The van der Waals surface area contributed by atoms with Gasteiger partial charge in [0.05, 0.1) is 6.61 Å². The van der Waals surface area contributed by atoms with E-state index in [2.05, 4.69) is 31.9 Å². The Balaban J connectivity index is 2.72. The van der Waals surface area contributed by atoms with Crippen LogP contribution >= 0.6 is 43.5 Å². The van der Waals surface area contributed by atoms with Crippen molar-refractivity contribution in [2.45, 2.75) is 18.2 Å². The standard InChI is InChI=1S/C11H11Br2ClO2/c1-2-16-11(15)10(13)6-7-5-8(14)3-4-9(7)12/h3-5,10H,2,6H2,1H3. The van der Waals surface area contributed by atoms with Gasteiger partial charge in [0.25, 0.3) is 0 Å². The number of esters is 1. The van der Waals surface area contributed by atoms with Crippen LogP contribution in [0.1, 0.15) is 12.5 Å². The first-order valence-electron chi connectivity index (χ1n) is 4.79. The van der Waals surface area contributed by atoms with Gasteiger partial charge in [0.15, 0.2) is 0 Å². The SMILES string of the molecule is CCOC(=O)C(Br)Cc1cc(Cl)ccc1Br. The molecule has 0 saturated carbocycles. The molecule has 88 valence electrons. The van der Waals surface area contributed by atoms with Gasteiger partial charge in [-0.05, 0) is 37.1 Å². The van der Waals surface area contributed by atoms with Crippen molar-refractivity contribution in [1.29, 1.82) is 0 Å². The van der Waals surface area contributed by atoms with Crippen LogP contribution in [0.25, 0.3) is 0 Å². The van der Waals surface area contributed by atoms with E-state index in [1.807, 2.05) is 12.1 Å². The number of halogens is 3. The summed E-state index contributed by atoms with van der Waals surface area (Å²) in [5, 5.41) is 0.654. The molecule has 1 aromatic carbocycles. The van der Waals surface area contributed by atoms with E-state index < -0.39 is 0 Å². The molecule has 2 nitrogen and oxygen atoms in total. The van der Waals surface area contributed by atoms with Crippen LogP contribution in [0.3, 0.4) is 0 Å². The molecule has 0 aliphatic heterocycles. The quantitative estimate of drug-likeness (QED) is 0.592. The van der Waals surface area contributed by atoms with Crippen molar-refractivity contribution in [3.63, 3.8) is 0 Å². The minimum absolute atomic E-state index is 0.255. The van der Waals surface area contributed by atoms with Crippen LogP contribution in [0.2, 0.25) is 5.02 Å². The van der Waals surface area contributed by atoms with Crippen LogP contribution in [0.5, 0.6) is 0 Å². The topological polar surface area (TPSA) is 26.3 Å². The minimum Gasteiger partial charge on any atom is -0.465 e. The summed E-state index contributed by atoms with van der Waals surface area (Å²) in [4.78, 5) is 11.1. The van der Waals surface area contributed by atoms with Crippen molar-refractivity contribution in [3.8, 4) is 0 Å². The van der Waals surface area contributed by atoms with E-state index in [0.717, 1.165) is 10.0 Å². The first-order chi connectivity index (χ1) is 7.54. The van der Waals surface area contributed by atoms with Crippen molar-refractivity contribution in [2.75, 3.05) is 6.61 Å². The molecule has 1 atom stereocenters. The lowest BCUT2D eigenvalue weighted by atomic mass is 10.1. The highest BCUT2D eigenvalue weighted by molar-refractivity contribution is 9.10. The molecule has 0 spiro atoms. The van der Waals surface area contributed by atoms with Gasteiger partial charge in [-0.15, -0.1) is 0 Å². The summed E-state index contributed by atoms with van der Waals surface area (Å²) in [7, 11) is 0. The highest BCUT2D eigenvalue weighted by atomic mass is 79.9. The molecule has 0 fully saturated rings. The van der Waals surface area contributed by atoms with Crippen LogP contribution in [0, 0.1) is 0 Å². The molecule has 0 aliphatic carbocycles. The predicted octanol–water partition coefficient (Wildman–Crippen LogP) is 3.97. The van der Waals surface area contributed by atoms with Crippen molar-refractivity contribution < 1.29 is 9.53 Å². The molecular formula is C11H11Br2ClO2. The fourth-order valence-corrected chi connectivity index (χ4v) is 2.29. The maximum absolute atomic E-state index is 11.4. The largest absolute Gasteiger partial charge is 0.465 e. The Morgan fingerprint density at radius 3 is 2.88 bits per heavy atom. The lowest BCUT2D eigenvalue weighted by molar-refractivity contribution is -0.142. The molecule has 0 radical (unpaired) electrons. The molecule has 0 aliphatic rings. The average molecular weight is 370 g/mol. The molecule has 0 heterocycles. The molecule has 0 N–H and O–H groups in total. The third-order valence-electron chi connectivity index (χ3n) is 1.95. The summed E-state index contributed by atoms with van der Waals surface area (Å²) < 4.78 is 5.85. The van der Waals surface area contributed by atoms with E-state index in [1.54, 1.807) is 13.0 Å². The minimum atomic E-state index is -0.345. The normalized spacial score (nSPS) is 12.2. The lowest BCUT2D eigenvalue weighted by Crippen LogP contribution is -2.19. The van der Waals surface area contributed by atoms with Crippen LogP contribution in [-0.2, 0) is 16.0 Å². The van der Waals surface area contributed by atoms with E-state index in [0.29, 0.717) is 18.1 Å². The molecule has 0 bridgehead atoms. The van der Waals surface area contributed by atoms with Gasteiger partial charge in [-0.3, -0.25) is 4.79 Å². The molecular weight excluding hydrogens is 359 g/mol. The first-order valence-corrected chi connectivity index (χ1v) is 6.88. The zero-order valence-corrected chi connectivity index (χ0v) is 12.6. The van der Waals surface area contributed by atoms with Crippen LogP contribution in [-0.4, -0.2) is 17.4 Å². The summed E-state index contributed by atoms with van der Waals surface area (Å²) >= 11 is 12.6. The van der Waals surface area contributed by atoms with E-state index in [1.165, 1.54) is 0 Å². The number of benzene rings is 1. The third kappa shape index (κ3) is 4.07. The molecule has 0 aromatic heterocycles. The molecule has 16 heavy (non-hydrogen) atoms. The number of ether oxygens (including phenoxy) is 1. The highest BCUT2D eigenvalue weighted by Gasteiger charge is 2.17. The molecule has 5 heteroatoms. The van der Waals surface area contributed by atoms with Gasteiger partial charge < -0.3 is 4.74 Å². The Kier molecular flexibility index (Phi) is 5.79. The van der Waals surface area contributed by atoms with Crippen molar-refractivity contribution in [3.05, 3.63) is 33.3 Å². The zero-order valence-electron chi connectivity index (χ0n) is 8.67. The predicted molar refractivity (Wildman–Crippen MR) is 72.2 cm³/mol. The van der Waals surface area contributed by atoms with Crippen molar-refractivity contribution >= 4 is 49.4 Å². The third-order valence-corrected chi connectivity index (χ3v) is 3.66. The molecule has 0 saturated heterocycles. The second-order valence-corrected chi connectivity index (χ2v) is 5.56. The molecule has 1 rings (SSSR count). The Morgan fingerprint density at radius 1 is 1.56 bits per heavy atom. The van der Waals surface area contributed by atoms with Gasteiger partial charge in [0, 0.05) is 9.50 Å². The number of alkyl halides is 1. The van der Waals surface area contributed by atoms with E-state index >= 15 is 0 Å². The van der Waals surface area contributed by atoms with Gasteiger partial charge in [0.2, 0.25) is 0 Å². The number of hydrogen-bond donors (Lipinski definition) is 0. The van der Waals surface area contributed by atoms with Crippen molar-refractivity contribution in [2.24, 2.45) is 0 Å². The Hall–Kier alpha value is -0.0600. The lowest BCUT2D eigenvalue weighted by Gasteiger charge is -2.10. The number of carbonyl (C=O) groups is 1. The fraction of sp³-hybridized carbons (Fsp3) is 0.364. The highest BCUT2D eigenvalue weighted by Crippen LogP contribution is 2.24. The average Bonchev–Trinajstić information content (AvgIpc) is 2.23. The fourth-order valence-electron chi connectivity index (χ4n) is 1.21. The maximum atomic E-state index is 11.4. The summed E-state index contributed by atoms with van der Waals surface area (Å²) in [6.45, 7) is 2.17. The van der Waals surface area contributed by atoms with Crippen LogP contribution < -0.4 is 0 Å². The second kappa shape index (κ2) is 6.62. The summed E-state index contributed by atoms with van der Waals surface area (Å²) in [6.07, 6.45) is 0.542. The zero-order chi connectivity index (χ0) is 12.1. The van der Waals surface area contributed by atoms with Gasteiger partial charge in [-0.25, -0.2) is 0 Å². The summed E-state index contributed by atoms with van der Waals surface area (Å²) in [5.41, 5.74) is 0.974. The number of hydrogen-bond acceptors (Lipinski definition) is 2. The Morgan fingerprint density at radius 2 is 2.25 bits per heavy atom. The van der Waals surface area contributed by atoms with Gasteiger partial charge in [-0.2, -0.15) is 0 Å². The van der Waals surface area contributed by atoms with E-state index in [-0.39, 0.29) is 10.8 Å². The van der Waals surface area contributed by atoms with Crippen molar-refractivity contribution in [1.82, 2.24) is 0 Å². The molecule has 0 amide bonds. The second-order valence-electron chi connectivity index (χ2n) is 3.16. The first kappa shape index (κ1) is 14.0. The monoisotopic (exact) mass is 368 g/mol.